The molecule has 0 fully saturated rings. The number of benzene rings is 1. The number of hydrogen-bond donors (Lipinski definition) is 2. The average molecular weight is 192 g/mol. The second-order valence-electron chi connectivity index (χ2n) is 2.79. The molecule has 14 heavy (non-hydrogen) atoms. The fourth-order valence-electron chi connectivity index (χ4n) is 1.06. The Hall–Kier alpha value is -1.26. The number of hydrogen-bond acceptors (Lipinski definition) is 3. The normalized spacial score (nSPS) is 10.5. The van der Waals surface area contributed by atoms with Crippen LogP contribution in [0, 0.1) is 0 Å². The van der Waals surface area contributed by atoms with Gasteiger partial charge >= 0.3 is 7.12 Å². The van der Waals surface area contributed by atoms with Crippen LogP contribution in [-0.4, -0.2) is 23.8 Å². The van der Waals surface area contributed by atoms with E-state index >= 15 is 0 Å². The number of allylic oxidation sites excluding steroid dienone is 1. The van der Waals surface area contributed by atoms with Crippen LogP contribution in [0.5, 0.6) is 5.75 Å². The Labute approximate surface area is 83.8 Å². The van der Waals surface area contributed by atoms with Crippen LogP contribution in [0.4, 0.5) is 0 Å². The van der Waals surface area contributed by atoms with Gasteiger partial charge in [-0.25, -0.2) is 0 Å². The Morgan fingerprint density at radius 3 is 2.71 bits per heavy atom. The van der Waals surface area contributed by atoms with Crippen LogP contribution in [0.15, 0.2) is 36.4 Å². The summed E-state index contributed by atoms with van der Waals surface area (Å²) in [6.45, 7) is 2.33. The van der Waals surface area contributed by atoms with Crippen molar-refractivity contribution in [2.75, 3.05) is 6.61 Å². The van der Waals surface area contributed by atoms with Crippen LogP contribution in [0.1, 0.15) is 6.92 Å². The summed E-state index contributed by atoms with van der Waals surface area (Å²) in [5.41, 5.74) is 0.386. The maximum Gasteiger partial charge on any atom is 0.492 e. The summed E-state index contributed by atoms with van der Waals surface area (Å²) in [5.74, 6) is 0.501. The second kappa shape index (κ2) is 5.47. The molecular weight excluding hydrogens is 179 g/mol. The third-order valence-electron chi connectivity index (χ3n) is 1.77. The van der Waals surface area contributed by atoms with Gasteiger partial charge in [-0.2, -0.15) is 0 Å². The van der Waals surface area contributed by atoms with Crippen molar-refractivity contribution in [1.29, 1.82) is 0 Å². The Morgan fingerprint density at radius 2 is 2.07 bits per heavy atom. The lowest BCUT2D eigenvalue weighted by Gasteiger charge is -2.08. The molecule has 0 aromatic heterocycles. The van der Waals surface area contributed by atoms with E-state index in [2.05, 4.69) is 0 Å². The smallest absolute Gasteiger partial charge is 0.490 e. The highest BCUT2D eigenvalue weighted by Crippen LogP contribution is 2.06. The first kappa shape index (κ1) is 10.8. The zero-order valence-electron chi connectivity index (χ0n) is 8.05. The third kappa shape index (κ3) is 2.90. The Kier molecular flexibility index (Phi) is 4.23. The first-order valence-electron chi connectivity index (χ1n) is 4.44. The van der Waals surface area contributed by atoms with E-state index in [-0.39, 0.29) is 0 Å². The molecule has 0 saturated carbocycles. The van der Waals surface area contributed by atoms with Gasteiger partial charge in [0.15, 0.2) is 0 Å². The maximum atomic E-state index is 9.02. The summed E-state index contributed by atoms with van der Waals surface area (Å²) in [6, 6.07) is 6.85. The van der Waals surface area contributed by atoms with Crippen molar-refractivity contribution < 1.29 is 14.8 Å². The lowest BCUT2D eigenvalue weighted by Crippen LogP contribution is -2.31. The molecule has 0 aliphatic heterocycles. The number of para-hydroxylation sites is 1. The van der Waals surface area contributed by atoms with Gasteiger partial charge in [-0.1, -0.05) is 30.4 Å². The molecule has 1 rings (SSSR count). The van der Waals surface area contributed by atoms with E-state index in [1.54, 1.807) is 24.3 Å². The van der Waals surface area contributed by atoms with E-state index in [0.29, 0.717) is 17.8 Å². The van der Waals surface area contributed by atoms with Crippen LogP contribution in [0.3, 0.4) is 0 Å². The topological polar surface area (TPSA) is 49.7 Å². The summed E-state index contributed by atoms with van der Waals surface area (Å²) >= 11 is 0. The summed E-state index contributed by atoms with van der Waals surface area (Å²) in [4.78, 5) is 0. The molecule has 0 aliphatic rings. The van der Waals surface area contributed by atoms with Gasteiger partial charge in [0.05, 0.1) is 0 Å². The summed E-state index contributed by atoms with van der Waals surface area (Å²) in [6.07, 6.45) is 3.72. The molecule has 0 aliphatic carbocycles. The van der Waals surface area contributed by atoms with Gasteiger partial charge < -0.3 is 14.8 Å². The molecule has 0 bridgehead atoms. The van der Waals surface area contributed by atoms with Crippen LogP contribution >= 0.6 is 0 Å². The van der Waals surface area contributed by atoms with Gasteiger partial charge in [0.1, 0.15) is 12.4 Å². The van der Waals surface area contributed by atoms with Crippen molar-refractivity contribution in [2.24, 2.45) is 0 Å². The fraction of sp³-hybridized carbons (Fsp3) is 0.200. The van der Waals surface area contributed by atoms with Crippen molar-refractivity contribution in [3.63, 3.8) is 0 Å². The third-order valence-corrected chi connectivity index (χ3v) is 1.77. The lowest BCUT2D eigenvalue weighted by atomic mass is 9.79. The van der Waals surface area contributed by atoms with Gasteiger partial charge in [0, 0.05) is 5.46 Å². The van der Waals surface area contributed by atoms with Gasteiger partial charge in [-0.05, 0) is 13.0 Å². The molecule has 0 radical (unpaired) electrons. The highest BCUT2D eigenvalue weighted by atomic mass is 16.5. The molecule has 1 aromatic carbocycles. The summed E-state index contributed by atoms with van der Waals surface area (Å²) < 4.78 is 5.33. The summed E-state index contributed by atoms with van der Waals surface area (Å²) in [7, 11) is -1.49. The van der Waals surface area contributed by atoms with Crippen molar-refractivity contribution in [3.8, 4) is 5.75 Å². The fourth-order valence-corrected chi connectivity index (χ4v) is 1.06. The van der Waals surface area contributed by atoms with E-state index in [9.17, 15) is 0 Å². The standard InChI is InChI=1S/C10H13BO3/c1-2-3-8-14-10-7-5-4-6-9(10)11(12)13/h2-7,12-13H,8H2,1H3/b3-2+. The Morgan fingerprint density at radius 1 is 1.36 bits per heavy atom. The Balaban J connectivity index is 2.74. The van der Waals surface area contributed by atoms with Crippen molar-refractivity contribution in [1.82, 2.24) is 0 Å². The predicted octanol–water partition coefficient (Wildman–Crippen LogP) is 0.321. The lowest BCUT2D eigenvalue weighted by molar-refractivity contribution is 0.361. The summed E-state index contributed by atoms with van der Waals surface area (Å²) in [5, 5.41) is 18.0. The minimum atomic E-state index is -1.49. The number of ether oxygens (including phenoxy) is 1. The number of rotatable bonds is 4. The zero-order chi connectivity index (χ0) is 10.4. The second-order valence-corrected chi connectivity index (χ2v) is 2.79. The van der Waals surface area contributed by atoms with Gasteiger partial charge in [0.2, 0.25) is 0 Å². The highest BCUT2D eigenvalue weighted by Gasteiger charge is 2.15. The van der Waals surface area contributed by atoms with Crippen LogP contribution in [0.2, 0.25) is 0 Å². The first-order chi connectivity index (χ1) is 6.75. The minimum Gasteiger partial charge on any atom is -0.490 e. The van der Waals surface area contributed by atoms with E-state index in [0.717, 1.165) is 0 Å². The van der Waals surface area contributed by atoms with E-state index in [1.807, 2.05) is 19.1 Å². The SMILES string of the molecule is C/C=C/COc1ccccc1B(O)O. The monoisotopic (exact) mass is 192 g/mol. The van der Waals surface area contributed by atoms with E-state index in [4.69, 9.17) is 14.8 Å². The maximum absolute atomic E-state index is 9.02. The van der Waals surface area contributed by atoms with Crippen molar-refractivity contribution >= 4 is 12.6 Å². The van der Waals surface area contributed by atoms with E-state index < -0.39 is 7.12 Å². The van der Waals surface area contributed by atoms with Crippen LogP contribution in [-0.2, 0) is 0 Å². The van der Waals surface area contributed by atoms with Gasteiger partial charge in [0.25, 0.3) is 0 Å². The average Bonchev–Trinajstić information content (AvgIpc) is 2.19. The highest BCUT2D eigenvalue weighted by molar-refractivity contribution is 6.59. The molecule has 0 amide bonds. The molecule has 0 spiro atoms. The van der Waals surface area contributed by atoms with E-state index in [1.165, 1.54) is 0 Å². The molecule has 3 nitrogen and oxygen atoms in total. The molecule has 74 valence electrons. The molecule has 2 N–H and O–H groups in total. The van der Waals surface area contributed by atoms with Gasteiger partial charge in [-0.15, -0.1) is 0 Å². The van der Waals surface area contributed by atoms with Crippen LogP contribution < -0.4 is 10.2 Å². The molecule has 4 heteroatoms. The van der Waals surface area contributed by atoms with Crippen molar-refractivity contribution in [3.05, 3.63) is 36.4 Å². The largest absolute Gasteiger partial charge is 0.492 e. The quantitative estimate of drug-likeness (QED) is 0.533. The molecule has 0 saturated heterocycles. The molecule has 0 atom stereocenters. The molecular formula is C10H13BO3. The van der Waals surface area contributed by atoms with Crippen LogP contribution in [0.25, 0.3) is 0 Å². The molecule has 1 aromatic rings. The molecule has 0 unspecified atom stereocenters. The van der Waals surface area contributed by atoms with Crippen molar-refractivity contribution in [2.45, 2.75) is 6.92 Å². The predicted molar refractivity (Wildman–Crippen MR) is 56.6 cm³/mol. The zero-order valence-corrected chi connectivity index (χ0v) is 8.05. The molecule has 0 heterocycles. The van der Waals surface area contributed by atoms with Gasteiger partial charge in [-0.3, -0.25) is 0 Å². The minimum absolute atomic E-state index is 0.386. The first-order valence-corrected chi connectivity index (χ1v) is 4.44. The Bertz CT molecular complexity index is 310.